The number of nitrogens with zero attached hydrogens (tertiary/aromatic N) is 15. The zero-order valence-electron chi connectivity index (χ0n) is 65.9. The molecule has 0 radical (unpaired) electrons. The number of ether oxygens (including phenoxy) is 4. The highest BCUT2D eigenvalue weighted by atomic mass is 16.7. The van der Waals surface area contributed by atoms with E-state index in [4.69, 9.17) is 45.8 Å². The number of aromatic nitrogens is 16. The van der Waals surface area contributed by atoms with E-state index in [2.05, 4.69) is 101 Å². The summed E-state index contributed by atoms with van der Waals surface area (Å²) < 4.78 is 20.0. The summed E-state index contributed by atoms with van der Waals surface area (Å²) in [5, 5.41) is 12.3. The van der Waals surface area contributed by atoms with Gasteiger partial charge in [-0.2, -0.15) is 15.0 Å². The first kappa shape index (κ1) is 87.4. The highest BCUT2D eigenvalue weighted by molar-refractivity contribution is 6.04. The van der Waals surface area contributed by atoms with Crippen LogP contribution >= 0.6 is 0 Å². The summed E-state index contributed by atoms with van der Waals surface area (Å²) in [6.07, 6.45) is 9.58. The minimum absolute atomic E-state index is 0.000294. The molecule has 0 saturated carbocycles. The van der Waals surface area contributed by atoms with Crippen molar-refractivity contribution in [3.8, 4) is 0 Å². The Morgan fingerprint density at radius 3 is 1.03 bits per heavy atom. The number of carbonyl (C=O) groups is 13. The van der Waals surface area contributed by atoms with E-state index in [9.17, 15) is 71.9 Å². The number of nitrogen functional groups attached to an aromatic ring is 3. The van der Waals surface area contributed by atoms with Gasteiger partial charge in [0.2, 0.25) is 17.8 Å². The quantitative estimate of drug-likeness (QED) is 0.0122. The van der Waals surface area contributed by atoms with Gasteiger partial charge in [-0.25, -0.2) is 78.4 Å². The normalized spacial score (nSPS) is 11.6. The molecule has 10 heterocycles. The summed E-state index contributed by atoms with van der Waals surface area (Å²) in [7, 11) is 0. The monoisotopic (exact) mass is 1740 g/mol. The summed E-state index contributed by atoms with van der Waals surface area (Å²) in [5.74, 6) is -15.8. The molecule has 13 N–H and O–H groups in total. The van der Waals surface area contributed by atoms with Crippen LogP contribution in [0.15, 0.2) is 204 Å². The number of rotatable bonds is 33. The van der Waals surface area contributed by atoms with Gasteiger partial charge < -0.3 is 82.0 Å². The van der Waals surface area contributed by atoms with Crippen LogP contribution in [0.25, 0.3) is 33.5 Å². The second-order valence-corrected chi connectivity index (χ2v) is 27.0. The molecule has 646 valence electrons. The van der Waals surface area contributed by atoms with Crippen molar-refractivity contribution in [1.82, 2.24) is 95.7 Å². The van der Waals surface area contributed by atoms with Crippen LogP contribution < -0.4 is 65.3 Å². The second-order valence-electron chi connectivity index (χ2n) is 27.0. The molecule has 0 bridgehead atoms. The van der Waals surface area contributed by atoms with E-state index in [0.29, 0.717) is 11.4 Å². The molecule has 3 atom stereocenters. The van der Waals surface area contributed by atoms with Crippen LogP contribution in [-0.4, -0.2) is 175 Å². The third kappa shape index (κ3) is 23.0. The van der Waals surface area contributed by atoms with Gasteiger partial charge in [0.05, 0.1) is 82.3 Å². The van der Waals surface area contributed by atoms with Crippen molar-refractivity contribution in [2.24, 2.45) is 0 Å². The predicted octanol–water partition coefficient (Wildman–Crippen LogP) is 2.21. The number of amides is 3. The second kappa shape index (κ2) is 40.3. The Kier molecular flexibility index (Phi) is 27.6. The first-order chi connectivity index (χ1) is 61.7. The minimum atomic E-state index is -1.89. The van der Waals surface area contributed by atoms with Crippen LogP contribution in [0.5, 0.6) is 0 Å². The zero-order valence-corrected chi connectivity index (χ0v) is 65.9. The van der Waals surface area contributed by atoms with Crippen molar-refractivity contribution in [2.45, 2.75) is 76.3 Å². The fraction of sp³-hybridized carbons (Fsp3) is 0.148. The number of carbonyl (C=O) groups excluding carboxylic acids is 13. The Morgan fingerprint density at radius 1 is 0.352 bits per heavy atom. The van der Waals surface area contributed by atoms with Crippen LogP contribution in [0.4, 0.5) is 34.9 Å². The Balaban J connectivity index is 0.780. The van der Waals surface area contributed by atoms with E-state index in [-0.39, 0.29) is 120 Å². The first-order valence-electron chi connectivity index (χ1n) is 37.8. The molecule has 0 aliphatic rings. The molecule has 0 fully saturated rings. The number of hydrogen-bond donors (Lipinski definition) is 10. The van der Waals surface area contributed by atoms with E-state index >= 15 is 4.79 Å². The van der Waals surface area contributed by atoms with Gasteiger partial charge in [0.15, 0.2) is 33.5 Å². The van der Waals surface area contributed by atoms with Crippen LogP contribution in [0.2, 0.25) is 0 Å². The van der Waals surface area contributed by atoms with Crippen LogP contribution in [0.3, 0.4) is 0 Å². The molecule has 10 aromatic heterocycles. The number of nitrogens with two attached hydrogens (primary N) is 3. The Labute approximate surface area is 715 Å². The molecule has 0 aliphatic carbocycles. The maximum absolute atomic E-state index is 15.3. The minimum Gasteiger partial charge on any atom is -0.389 e. The van der Waals surface area contributed by atoms with Crippen molar-refractivity contribution in [3.05, 3.63) is 277 Å². The molecule has 3 aromatic carbocycles. The van der Waals surface area contributed by atoms with Crippen molar-refractivity contribution < 1.29 is 91.0 Å². The van der Waals surface area contributed by atoms with E-state index < -0.39 is 164 Å². The average Bonchev–Trinajstić information content (AvgIpc) is 0.814. The van der Waals surface area contributed by atoms with Crippen molar-refractivity contribution in [3.63, 3.8) is 0 Å². The topological polar surface area (TPSA) is 676 Å². The molecular formula is C81H65N25O22. The molecule has 0 saturated heterocycles. The maximum atomic E-state index is 15.3. The lowest BCUT2D eigenvalue weighted by atomic mass is 10.1. The number of benzene rings is 3. The summed E-state index contributed by atoms with van der Waals surface area (Å²) in [5.41, 5.74) is 13.2. The van der Waals surface area contributed by atoms with Gasteiger partial charge in [-0.1, -0.05) is 0 Å². The van der Waals surface area contributed by atoms with Gasteiger partial charge in [0, 0.05) is 84.8 Å². The van der Waals surface area contributed by atoms with E-state index in [1.165, 1.54) is 159 Å². The predicted molar refractivity (Wildman–Crippen MR) is 438 cm³/mol. The van der Waals surface area contributed by atoms with Crippen molar-refractivity contribution >= 4 is 146 Å². The zero-order chi connectivity index (χ0) is 90.5. The Morgan fingerprint density at radius 2 is 0.672 bits per heavy atom. The molecule has 13 aromatic rings. The number of esters is 8. The van der Waals surface area contributed by atoms with Crippen molar-refractivity contribution in [1.29, 1.82) is 0 Å². The lowest BCUT2D eigenvalue weighted by Crippen LogP contribution is -2.45. The summed E-state index contributed by atoms with van der Waals surface area (Å²) in [4.78, 5) is 289. The Bertz CT molecular complexity index is 6650. The highest BCUT2D eigenvalue weighted by Gasteiger charge is 2.33. The van der Waals surface area contributed by atoms with Gasteiger partial charge in [-0.05, 0) is 141 Å². The SMILES string of the molecule is Nc1nc(=O)c2nc(CNc3ccc(C(=O)N[C@@H](CCC(=O)ON(Cc4cnc5[nH]c(N)nc(=O)c5n4)c4ccc(C(=O)N[C@@H](CCC(=O)OC(=O)c5cccnc5)C(=O)OC(=O)c5cccnc5)cc4)C(=O)ON(Cc4cnc5[nH]c(N)nc(=O)c5n4)c4ccc(C(=O)N[C@@H](CCC(=O)OC(=O)c5cccnc5)C(=O)OC(=O)c5cccnc5)cc4)cc3)cnc2[nH]1. The molecule has 0 unspecified atom stereocenters. The van der Waals surface area contributed by atoms with E-state index in [1.807, 2.05) is 0 Å². The van der Waals surface area contributed by atoms with E-state index in [0.717, 1.165) is 41.1 Å². The van der Waals surface area contributed by atoms with Gasteiger partial charge in [-0.15, -0.1) is 0 Å². The number of anilines is 6. The standard InChI is InChI=1S/C81H65N25O22/c82-79-99-63-60(69(113)102-79)93-49(36-90-63)35-89-48-15-9-41(10-16-48)66(110)98-56(78(122)128-106(40-51-38-92-65-62(95-51)71(115)104-81(84)101-65)53-19-13-43(14-20-53)68(112)97-55(77(121)126-75(119)47-8-4-30-88-34-47)22-25-58(108)124-73(117)45-6-2-28-86-32-45)23-26-59(109)127-105(39-50-37-91-64-61(94-50)70(114)103-80(83)100-64)52-17-11-42(12-18-52)67(111)96-54(76(120)125-74(118)46-7-3-29-87-33-46)21-24-57(107)123-72(116)44-5-1-27-85-31-44/h1-20,27-34,36-38,54-56,89H,21-26,35,39-40H2,(H,96,111)(H,97,112)(H,98,110)(H3,82,90,99,102,113)(H3,83,91,100,103,114)(H3,84,92,101,104,115)/t54-,55-,56-/m0/s1. The summed E-state index contributed by atoms with van der Waals surface area (Å²) in [6.45, 7) is -1.18. The van der Waals surface area contributed by atoms with Gasteiger partial charge >= 0.3 is 76.4 Å². The third-order valence-electron chi connectivity index (χ3n) is 18.0. The lowest BCUT2D eigenvalue weighted by Gasteiger charge is -2.26. The first-order valence-corrected chi connectivity index (χ1v) is 37.8. The fourth-order valence-electron chi connectivity index (χ4n) is 11.7. The van der Waals surface area contributed by atoms with Crippen molar-refractivity contribution in [2.75, 3.05) is 32.6 Å². The Hall–Kier alpha value is -18.4. The molecule has 0 spiro atoms. The molecule has 0 aliphatic heterocycles. The number of nitrogens with one attached hydrogen (secondary N) is 7. The maximum Gasteiger partial charge on any atom is 0.354 e. The van der Waals surface area contributed by atoms with E-state index in [1.54, 1.807) is 0 Å². The molecule has 3 amide bonds. The number of fused-ring (bicyclic) bond motifs is 3. The lowest BCUT2D eigenvalue weighted by molar-refractivity contribution is -0.150. The molecule has 47 nitrogen and oxygen atoms in total. The highest BCUT2D eigenvalue weighted by Crippen LogP contribution is 2.25. The van der Waals surface area contributed by atoms with Crippen LogP contribution in [0.1, 0.15) is 128 Å². The van der Waals surface area contributed by atoms with Crippen LogP contribution in [-0.2, 0) is 77.0 Å². The average molecular weight is 1740 g/mol. The van der Waals surface area contributed by atoms with Gasteiger partial charge in [0.25, 0.3) is 17.7 Å². The van der Waals surface area contributed by atoms with Crippen LogP contribution in [0, 0.1) is 0 Å². The largest absolute Gasteiger partial charge is 0.389 e. The number of pyridine rings is 4. The number of hydrogen-bond acceptors (Lipinski definition) is 41. The summed E-state index contributed by atoms with van der Waals surface area (Å²) >= 11 is 0. The molecule has 13 rings (SSSR count). The number of hydroxylamine groups is 2. The number of aromatic amines is 3. The molecule has 128 heavy (non-hydrogen) atoms. The fourth-order valence-corrected chi connectivity index (χ4v) is 11.7. The smallest absolute Gasteiger partial charge is 0.354 e. The third-order valence-corrected chi connectivity index (χ3v) is 18.0. The summed E-state index contributed by atoms with van der Waals surface area (Å²) in [6, 6.07) is 20.7. The van der Waals surface area contributed by atoms with Gasteiger partial charge in [0.1, 0.15) is 31.2 Å². The molecule has 47 heteroatoms. The molecular weight excluding hydrogens is 1680 g/mol. The van der Waals surface area contributed by atoms with Gasteiger partial charge in [-0.3, -0.25) is 58.3 Å². The number of H-pyrrole nitrogens is 3.